The lowest BCUT2D eigenvalue weighted by atomic mass is 10.2. The third-order valence-corrected chi connectivity index (χ3v) is 1.89. The van der Waals surface area contributed by atoms with Crippen LogP contribution in [0.4, 0.5) is 0 Å². The summed E-state index contributed by atoms with van der Waals surface area (Å²) in [6.07, 6.45) is 4.61. The van der Waals surface area contributed by atoms with Gasteiger partial charge in [0.25, 0.3) is 0 Å². The zero-order valence-electron chi connectivity index (χ0n) is 8.19. The lowest BCUT2D eigenvalue weighted by molar-refractivity contribution is -0.116. The number of hydrogen-bond donors (Lipinski definition) is 1. The average molecular weight is 222 g/mol. The van der Waals surface area contributed by atoms with Crippen LogP contribution in [0, 0.1) is 0 Å². The number of amides is 1. The van der Waals surface area contributed by atoms with Crippen LogP contribution in [0.25, 0.3) is 0 Å². The molecule has 0 bridgehead atoms. The van der Waals surface area contributed by atoms with Gasteiger partial charge in [-0.2, -0.15) is 0 Å². The molecule has 0 unspecified atom stereocenters. The third-order valence-electron chi connectivity index (χ3n) is 1.74. The first-order valence-corrected chi connectivity index (χ1v) is 5.02. The smallest absolute Gasteiger partial charge is 0.244 e. The van der Waals surface area contributed by atoms with Crippen LogP contribution in [0.15, 0.2) is 54.1 Å². The molecule has 1 aromatic rings. The number of nitrogens with one attached hydrogen (secondary N) is 1. The Kier molecular flexibility index (Phi) is 5.26. The third kappa shape index (κ3) is 5.03. The molecule has 0 aliphatic heterocycles. The molecule has 0 saturated heterocycles. The Morgan fingerprint density at radius 3 is 2.67 bits per heavy atom. The van der Waals surface area contributed by atoms with Crippen molar-refractivity contribution >= 4 is 17.5 Å². The van der Waals surface area contributed by atoms with Crippen LogP contribution in [0.2, 0.25) is 0 Å². The monoisotopic (exact) mass is 221 g/mol. The second kappa shape index (κ2) is 6.85. The summed E-state index contributed by atoms with van der Waals surface area (Å²) in [5.74, 6) is -0.131. The summed E-state index contributed by atoms with van der Waals surface area (Å²) in [4.78, 5) is 11.2. The molecule has 1 rings (SSSR count). The van der Waals surface area contributed by atoms with Crippen molar-refractivity contribution in [1.82, 2.24) is 5.32 Å². The maximum Gasteiger partial charge on any atom is 0.244 e. The number of benzene rings is 1. The molecule has 0 aliphatic rings. The van der Waals surface area contributed by atoms with Crippen molar-refractivity contribution in [3.05, 3.63) is 59.7 Å². The summed E-state index contributed by atoms with van der Waals surface area (Å²) in [7, 11) is 0. The van der Waals surface area contributed by atoms with E-state index in [0.717, 1.165) is 5.56 Å². The van der Waals surface area contributed by atoms with Crippen molar-refractivity contribution in [2.45, 2.75) is 6.54 Å². The van der Waals surface area contributed by atoms with Gasteiger partial charge in [-0.25, -0.2) is 0 Å². The summed E-state index contributed by atoms with van der Waals surface area (Å²) in [5.41, 5.74) is 2.42. The van der Waals surface area contributed by atoms with E-state index in [2.05, 4.69) is 5.32 Å². The van der Waals surface area contributed by atoms with E-state index in [0.29, 0.717) is 6.54 Å². The Bertz CT molecular complexity index is 357. The number of halogens is 1. The number of hydrogen-bond acceptors (Lipinski definition) is 1. The largest absolute Gasteiger partial charge is 0.348 e. The van der Waals surface area contributed by atoms with Crippen molar-refractivity contribution < 1.29 is 4.79 Å². The van der Waals surface area contributed by atoms with Crippen LogP contribution in [0.5, 0.6) is 0 Å². The highest BCUT2D eigenvalue weighted by Gasteiger charge is 1.94. The van der Waals surface area contributed by atoms with Crippen LogP contribution in [0.1, 0.15) is 5.56 Å². The zero-order valence-corrected chi connectivity index (χ0v) is 8.95. The van der Waals surface area contributed by atoms with Crippen molar-refractivity contribution in [2.75, 3.05) is 0 Å². The first kappa shape index (κ1) is 11.5. The summed E-state index contributed by atoms with van der Waals surface area (Å²) >= 11 is 5.29. The molecule has 1 N–H and O–H groups in total. The molecule has 0 aliphatic carbocycles. The molecule has 15 heavy (non-hydrogen) atoms. The number of carbonyl (C=O) groups excluding carboxylic acids is 1. The molecule has 0 spiro atoms. The molecule has 0 saturated carbocycles. The van der Waals surface area contributed by atoms with Gasteiger partial charge in [0.15, 0.2) is 0 Å². The van der Waals surface area contributed by atoms with Crippen molar-refractivity contribution in [1.29, 1.82) is 0 Å². The number of allylic oxidation sites excluding steroid dienone is 2. The van der Waals surface area contributed by atoms with E-state index in [-0.39, 0.29) is 5.91 Å². The van der Waals surface area contributed by atoms with E-state index < -0.39 is 0 Å². The predicted octanol–water partition coefficient (Wildman–Crippen LogP) is 2.61. The summed E-state index contributed by atoms with van der Waals surface area (Å²) in [6, 6.07) is 9.74. The SMILES string of the molecule is O=C(/C=C\C=C\Cl)NCc1ccccc1. The summed E-state index contributed by atoms with van der Waals surface area (Å²) in [6.45, 7) is 0.536. The Morgan fingerprint density at radius 2 is 2.00 bits per heavy atom. The van der Waals surface area contributed by atoms with E-state index >= 15 is 0 Å². The van der Waals surface area contributed by atoms with Gasteiger partial charge in [0.1, 0.15) is 0 Å². The maximum atomic E-state index is 11.2. The molecule has 3 heteroatoms. The van der Waals surface area contributed by atoms with Gasteiger partial charge in [-0.1, -0.05) is 54.1 Å². The number of rotatable bonds is 4. The first-order chi connectivity index (χ1) is 7.33. The predicted molar refractivity (Wildman–Crippen MR) is 62.4 cm³/mol. The van der Waals surface area contributed by atoms with Gasteiger partial charge < -0.3 is 5.32 Å². The minimum atomic E-state index is -0.131. The molecule has 0 radical (unpaired) electrons. The minimum absolute atomic E-state index is 0.131. The molecular weight excluding hydrogens is 210 g/mol. The number of carbonyl (C=O) groups is 1. The van der Waals surface area contributed by atoms with Gasteiger partial charge in [-0.15, -0.1) is 0 Å². The average Bonchev–Trinajstić information content (AvgIpc) is 2.28. The van der Waals surface area contributed by atoms with Crippen LogP contribution in [-0.4, -0.2) is 5.91 Å². The quantitative estimate of drug-likeness (QED) is 0.615. The highest BCUT2D eigenvalue weighted by Crippen LogP contribution is 1.96. The summed E-state index contributed by atoms with van der Waals surface area (Å²) in [5, 5.41) is 2.76. The lowest BCUT2D eigenvalue weighted by Crippen LogP contribution is -2.20. The maximum absolute atomic E-state index is 11.2. The molecule has 0 atom stereocenters. The van der Waals surface area contributed by atoms with Crippen LogP contribution in [0.3, 0.4) is 0 Å². The van der Waals surface area contributed by atoms with E-state index in [9.17, 15) is 4.79 Å². The standard InChI is InChI=1S/C12H12ClNO/c13-9-5-4-8-12(15)14-10-11-6-2-1-3-7-11/h1-9H,10H2,(H,14,15)/b8-4-,9-5+. The van der Waals surface area contributed by atoms with Crippen LogP contribution < -0.4 is 5.32 Å². The normalized spacial score (nSPS) is 11.0. The molecule has 1 amide bonds. The van der Waals surface area contributed by atoms with E-state index in [4.69, 9.17) is 11.6 Å². The van der Waals surface area contributed by atoms with Crippen LogP contribution >= 0.6 is 11.6 Å². The Morgan fingerprint density at radius 1 is 1.27 bits per heavy atom. The molecule has 0 fully saturated rings. The van der Waals surface area contributed by atoms with Gasteiger partial charge in [0.2, 0.25) is 5.91 Å². The van der Waals surface area contributed by atoms with E-state index in [1.165, 1.54) is 11.6 Å². The zero-order chi connectivity index (χ0) is 10.9. The molecule has 78 valence electrons. The van der Waals surface area contributed by atoms with E-state index in [1.54, 1.807) is 12.2 Å². The molecular formula is C12H12ClNO. The lowest BCUT2D eigenvalue weighted by Gasteiger charge is -2.01. The van der Waals surface area contributed by atoms with Crippen molar-refractivity contribution in [3.8, 4) is 0 Å². The molecule has 0 heterocycles. The Labute approximate surface area is 94.3 Å². The molecule has 2 nitrogen and oxygen atoms in total. The van der Waals surface area contributed by atoms with Gasteiger partial charge in [0, 0.05) is 18.2 Å². The molecule has 0 aromatic heterocycles. The van der Waals surface area contributed by atoms with Crippen molar-refractivity contribution in [2.24, 2.45) is 0 Å². The fourth-order valence-electron chi connectivity index (χ4n) is 1.03. The Balaban J connectivity index is 2.35. The van der Waals surface area contributed by atoms with E-state index in [1.807, 2.05) is 30.3 Å². The summed E-state index contributed by atoms with van der Waals surface area (Å²) < 4.78 is 0. The van der Waals surface area contributed by atoms with Crippen LogP contribution in [-0.2, 0) is 11.3 Å². The minimum Gasteiger partial charge on any atom is -0.348 e. The first-order valence-electron chi connectivity index (χ1n) is 4.58. The molecule has 1 aromatic carbocycles. The highest BCUT2D eigenvalue weighted by atomic mass is 35.5. The van der Waals surface area contributed by atoms with Crippen molar-refractivity contribution in [3.63, 3.8) is 0 Å². The van der Waals surface area contributed by atoms with Gasteiger partial charge >= 0.3 is 0 Å². The topological polar surface area (TPSA) is 29.1 Å². The second-order valence-electron chi connectivity index (χ2n) is 2.88. The second-order valence-corrected chi connectivity index (χ2v) is 3.13. The fraction of sp³-hybridized carbons (Fsp3) is 0.0833. The Hall–Kier alpha value is -1.54. The van der Waals surface area contributed by atoms with Gasteiger partial charge in [-0.05, 0) is 5.56 Å². The van der Waals surface area contributed by atoms with Gasteiger partial charge in [0.05, 0.1) is 0 Å². The van der Waals surface area contributed by atoms with Gasteiger partial charge in [-0.3, -0.25) is 4.79 Å². The highest BCUT2D eigenvalue weighted by molar-refractivity contribution is 6.25. The fourth-order valence-corrected chi connectivity index (χ4v) is 1.11.